The largest absolute Gasteiger partial charge is 0.490 e. The van der Waals surface area contributed by atoms with Gasteiger partial charge in [0.1, 0.15) is 11.7 Å². The SMILES string of the molecule is CCOc1cc(C=C2C(=N)N3N=C(c4cccnc4)SC3=NC2=O)ccc1OCc1ccc2c(c1)OCO2. The number of ether oxygens (including phenoxy) is 4. The van der Waals surface area contributed by atoms with Crippen molar-refractivity contribution in [3.05, 3.63) is 83.2 Å². The van der Waals surface area contributed by atoms with Crippen LogP contribution in [0.1, 0.15) is 23.6 Å². The second kappa shape index (κ2) is 10.0. The number of hydrazone groups is 1. The van der Waals surface area contributed by atoms with Gasteiger partial charge < -0.3 is 18.9 Å². The molecule has 0 spiro atoms. The minimum absolute atomic E-state index is 0.0486. The number of hydrogen-bond donors (Lipinski definition) is 1. The van der Waals surface area contributed by atoms with E-state index in [4.69, 9.17) is 24.4 Å². The summed E-state index contributed by atoms with van der Waals surface area (Å²) in [4.78, 5) is 21.1. The minimum atomic E-state index is -0.502. The Bertz CT molecular complexity index is 1540. The number of amides is 1. The van der Waals surface area contributed by atoms with Crippen molar-refractivity contribution in [2.45, 2.75) is 13.5 Å². The zero-order valence-corrected chi connectivity index (χ0v) is 21.0. The van der Waals surface area contributed by atoms with E-state index in [1.807, 2.05) is 31.2 Å². The molecular formula is C27H21N5O5S. The molecule has 1 N–H and O–H groups in total. The normalized spacial score (nSPS) is 16.9. The molecule has 1 amide bonds. The molecule has 0 aliphatic carbocycles. The van der Waals surface area contributed by atoms with Crippen LogP contribution in [0.15, 0.2) is 76.6 Å². The summed E-state index contributed by atoms with van der Waals surface area (Å²) in [5.41, 5.74) is 2.51. The molecule has 6 rings (SSSR count). The van der Waals surface area contributed by atoms with Crippen LogP contribution >= 0.6 is 11.8 Å². The van der Waals surface area contributed by atoms with Gasteiger partial charge in [0.2, 0.25) is 12.0 Å². The van der Waals surface area contributed by atoms with E-state index in [-0.39, 0.29) is 18.2 Å². The second-order valence-corrected chi connectivity index (χ2v) is 9.24. The summed E-state index contributed by atoms with van der Waals surface area (Å²) in [5.74, 6) is 1.93. The van der Waals surface area contributed by atoms with Crippen LogP contribution in [-0.2, 0) is 11.4 Å². The molecule has 0 atom stereocenters. The number of pyridine rings is 1. The maximum absolute atomic E-state index is 12.8. The number of hydrogen-bond acceptors (Lipinski definition) is 9. The molecule has 0 saturated heterocycles. The first-order valence-corrected chi connectivity index (χ1v) is 12.6. The molecule has 0 bridgehead atoms. The number of fused-ring (bicyclic) bond motifs is 2. The number of rotatable bonds is 7. The third-order valence-corrected chi connectivity index (χ3v) is 6.73. The minimum Gasteiger partial charge on any atom is -0.490 e. The first-order valence-electron chi connectivity index (χ1n) is 11.8. The summed E-state index contributed by atoms with van der Waals surface area (Å²) >= 11 is 1.23. The smallest absolute Gasteiger partial charge is 0.283 e. The molecule has 10 nitrogen and oxygen atoms in total. The summed E-state index contributed by atoms with van der Waals surface area (Å²) in [6.45, 7) is 2.83. The molecule has 190 valence electrons. The number of amidine groups is 2. The molecule has 3 aliphatic rings. The maximum Gasteiger partial charge on any atom is 0.283 e. The first-order chi connectivity index (χ1) is 18.6. The van der Waals surface area contributed by atoms with Crippen molar-refractivity contribution in [2.24, 2.45) is 10.1 Å². The topological polar surface area (TPSA) is 119 Å². The quantitative estimate of drug-likeness (QED) is 0.448. The van der Waals surface area contributed by atoms with E-state index in [2.05, 4.69) is 15.1 Å². The Morgan fingerprint density at radius 1 is 1.11 bits per heavy atom. The van der Waals surface area contributed by atoms with Crippen LogP contribution < -0.4 is 18.9 Å². The van der Waals surface area contributed by atoms with Crippen molar-refractivity contribution in [3.8, 4) is 23.0 Å². The van der Waals surface area contributed by atoms with E-state index in [1.165, 1.54) is 16.8 Å². The van der Waals surface area contributed by atoms with E-state index < -0.39 is 5.91 Å². The molecule has 3 aliphatic heterocycles. The van der Waals surface area contributed by atoms with Crippen LogP contribution in [0.25, 0.3) is 6.08 Å². The molecule has 4 heterocycles. The monoisotopic (exact) mass is 527 g/mol. The summed E-state index contributed by atoms with van der Waals surface area (Å²) in [6.07, 6.45) is 4.96. The van der Waals surface area contributed by atoms with E-state index in [1.54, 1.807) is 42.7 Å². The van der Waals surface area contributed by atoms with Gasteiger partial charge in [-0.05, 0) is 72.3 Å². The number of aliphatic imine (C=N–C) groups is 1. The van der Waals surface area contributed by atoms with Gasteiger partial charge in [0.05, 0.1) is 12.2 Å². The predicted molar refractivity (Wildman–Crippen MR) is 143 cm³/mol. The van der Waals surface area contributed by atoms with Gasteiger partial charge >= 0.3 is 0 Å². The van der Waals surface area contributed by atoms with Crippen molar-refractivity contribution in [1.82, 2.24) is 9.99 Å². The van der Waals surface area contributed by atoms with Gasteiger partial charge in [-0.3, -0.25) is 15.2 Å². The fourth-order valence-electron chi connectivity index (χ4n) is 3.96. The summed E-state index contributed by atoms with van der Waals surface area (Å²) in [6, 6.07) is 14.7. The van der Waals surface area contributed by atoms with Gasteiger partial charge in [-0.25, -0.2) is 0 Å². The highest BCUT2D eigenvalue weighted by atomic mass is 32.2. The van der Waals surface area contributed by atoms with Crippen LogP contribution in [-0.4, -0.2) is 45.3 Å². The lowest BCUT2D eigenvalue weighted by atomic mass is 10.1. The molecule has 11 heteroatoms. The van der Waals surface area contributed by atoms with Gasteiger partial charge in [-0.2, -0.15) is 15.1 Å². The Labute approximate surface area is 222 Å². The van der Waals surface area contributed by atoms with E-state index >= 15 is 0 Å². The molecule has 2 aromatic carbocycles. The van der Waals surface area contributed by atoms with Gasteiger partial charge in [0, 0.05) is 18.0 Å². The molecule has 0 unspecified atom stereocenters. The number of nitrogens with one attached hydrogen (secondary N) is 1. The van der Waals surface area contributed by atoms with Gasteiger partial charge in [-0.1, -0.05) is 12.1 Å². The number of benzene rings is 2. The van der Waals surface area contributed by atoms with Gasteiger partial charge in [0.25, 0.3) is 5.91 Å². The lowest BCUT2D eigenvalue weighted by molar-refractivity contribution is -0.114. The molecule has 1 aromatic heterocycles. The first kappa shape index (κ1) is 23.7. The Balaban J connectivity index is 1.23. The van der Waals surface area contributed by atoms with Crippen LogP contribution in [0.5, 0.6) is 23.0 Å². The predicted octanol–water partition coefficient (Wildman–Crippen LogP) is 4.46. The molecule has 0 fully saturated rings. The summed E-state index contributed by atoms with van der Waals surface area (Å²) in [5, 5.41) is 15.5. The van der Waals surface area contributed by atoms with Gasteiger partial charge in [0.15, 0.2) is 28.8 Å². The molecule has 3 aromatic rings. The molecule has 38 heavy (non-hydrogen) atoms. The average molecular weight is 528 g/mol. The van der Waals surface area contributed by atoms with E-state index in [0.29, 0.717) is 52.0 Å². The average Bonchev–Trinajstić information content (AvgIpc) is 3.58. The Morgan fingerprint density at radius 3 is 2.84 bits per heavy atom. The highest BCUT2D eigenvalue weighted by Gasteiger charge is 2.36. The van der Waals surface area contributed by atoms with Gasteiger partial charge in [-0.15, -0.1) is 0 Å². The highest BCUT2D eigenvalue weighted by molar-refractivity contribution is 8.27. The summed E-state index contributed by atoms with van der Waals surface area (Å²) in [7, 11) is 0. The number of carbonyl (C=O) groups excluding carboxylic acids is 1. The Morgan fingerprint density at radius 2 is 2.00 bits per heavy atom. The van der Waals surface area contributed by atoms with Crippen LogP contribution in [0.4, 0.5) is 0 Å². The lowest BCUT2D eigenvalue weighted by Gasteiger charge is -2.20. The van der Waals surface area contributed by atoms with Crippen LogP contribution in [0.2, 0.25) is 0 Å². The summed E-state index contributed by atoms with van der Waals surface area (Å²) < 4.78 is 22.6. The van der Waals surface area contributed by atoms with Crippen LogP contribution in [0.3, 0.4) is 0 Å². The van der Waals surface area contributed by atoms with Crippen LogP contribution in [0, 0.1) is 5.41 Å². The molecular weight excluding hydrogens is 506 g/mol. The number of aromatic nitrogens is 1. The number of nitrogens with zero attached hydrogens (tertiary/aromatic N) is 4. The lowest BCUT2D eigenvalue weighted by Crippen LogP contribution is -2.35. The fourth-order valence-corrected chi connectivity index (χ4v) is 4.84. The maximum atomic E-state index is 12.8. The van der Waals surface area contributed by atoms with E-state index in [9.17, 15) is 4.79 Å². The zero-order chi connectivity index (χ0) is 26.1. The Hall–Kier alpha value is -4.64. The van der Waals surface area contributed by atoms with Crippen molar-refractivity contribution in [3.63, 3.8) is 0 Å². The second-order valence-electron chi connectivity index (χ2n) is 8.28. The highest BCUT2D eigenvalue weighted by Crippen LogP contribution is 2.35. The van der Waals surface area contributed by atoms with E-state index in [0.717, 1.165) is 11.1 Å². The number of thioether (sulfide) groups is 1. The van der Waals surface area contributed by atoms with Crippen molar-refractivity contribution in [2.75, 3.05) is 13.4 Å². The van der Waals surface area contributed by atoms with Crippen molar-refractivity contribution in [1.29, 1.82) is 5.41 Å². The Kier molecular flexibility index (Phi) is 6.26. The third kappa shape index (κ3) is 4.59. The van der Waals surface area contributed by atoms with Crippen molar-refractivity contribution >= 4 is 39.8 Å². The zero-order valence-electron chi connectivity index (χ0n) is 20.2. The molecule has 0 radical (unpaired) electrons. The standard InChI is InChI=1S/C27H21N5O5S/c1-2-34-22-11-16(5-7-20(22)35-14-17-6-8-21-23(12-17)37-15-36-21)10-19-24(28)32-27(30-25(19)33)38-26(31-32)18-4-3-9-29-13-18/h3-13,28H,2,14-15H2,1H3. The third-order valence-electron chi connectivity index (χ3n) is 5.77. The molecule has 0 saturated carbocycles. The van der Waals surface area contributed by atoms with Crippen molar-refractivity contribution < 1.29 is 23.7 Å². The number of carbonyl (C=O) groups is 1. The fraction of sp³-hybridized carbons (Fsp3) is 0.148.